The Bertz CT molecular complexity index is 932. The number of para-hydroxylation sites is 1. The van der Waals surface area contributed by atoms with Crippen LogP contribution in [0.3, 0.4) is 0 Å². The van der Waals surface area contributed by atoms with Crippen molar-refractivity contribution in [2.75, 3.05) is 0 Å². The Morgan fingerprint density at radius 1 is 0.828 bits per heavy atom. The van der Waals surface area contributed by atoms with Crippen LogP contribution in [0.5, 0.6) is 0 Å². The van der Waals surface area contributed by atoms with Crippen molar-refractivity contribution in [2.24, 2.45) is 10.7 Å². The Kier molecular flexibility index (Phi) is 7.11. The Morgan fingerprint density at radius 2 is 1.31 bits per heavy atom. The van der Waals surface area contributed by atoms with Gasteiger partial charge in [-0.25, -0.2) is 9.79 Å². The highest BCUT2D eigenvalue weighted by Gasteiger charge is 2.16. The third kappa shape index (κ3) is 5.98. The predicted octanol–water partition coefficient (Wildman–Crippen LogP) is 5.35. The largest absolute Gasteiger partial charge is 0.369 e. The maximum Gasteiger partial charge on any atom is 0.324 e. The van der Waals surface area contributed by atoms with Crippen LogP contribution in [0.25, 0.3) is 0 Å². The molecule has 0 aliphatic carbocycles. The highest BCUT2D eigenvalue weighted by Crippen LogP contribution is 2.32. The molecular weight excluding hydrogens is 407 g/mol. The number of nitrogens with two attached hydrogens (primary N) is 1. The molecule has 2 amide bonds. The number of nitrogens with one attached hydrogen (secondary N) is 1. The molecule has 0 bridgehead atoms. The summed E-state index contributed by atoms with van der Waals surface area (Å²) in [6.07, 6.45) is 0. The number of carbonyl (C=O) groups is 1. The molecule has 0 radical (unpaired) electrons. The molecule has 29 heavy (non-hydrogen) atoms. The first-order valence-electron chi connectivity index (χ1n) is 8.95. The zero-order chi connectivity index (χ0) is 20.6. The molecule has 3 rings (SSSR count). The lowest BCUT2D eigenvalue weighted by Crippen LogP contribution is -2.45. The third-order valence-corrected chi connectivity index (χ3v) is 4.73. The number of benzene rings is 3. The molecule has 3 aromatic carbocycles. The van der Waals surface area contributed by atoms with Gasteiger partial charge in [-0.1, -0.05) is 89.9 Å². The SMILES string of the molecule is NC(=Nc1c(Cl)cccc1Cl)NC(=O)N(Cc1ccccc1)Cc1ccccc1. The van der Waals surface area contributed by atoms with Crippen molar-refractivity contribution in [1.29, 1.82) is 0 Å². The third-order valence-electron chi connectivity index (χ3n) is 4.12. The van der Waals surface area contributed by atoms with Gasteiger partial charge >= 0.3 is 6.03 Å². The van der Waals surface area contributed by atoms with Crippen LogP contribution < -0.4 is 11.1 Å². The summed E-state index contributed by atoms with van der Waals surface area (Å²) in [7, 11) is 0. The molecule has 0 spiro atoms. The average molecular weight is 427 g/mol. The summed E-state index contributed by atoms with van der Waals surface area (Å²) in [4.78, 5) is 18.7. The molecule has 0 aliphatic heterocycles. The number of hydrogen-bond donors (Lipinski definition) is 2. The number of guanidine groups is 1. The van der Waals surface area contributed by atoms with Crippen LogP contribution in [0.4, 0.5) is 10.5 Å². The van der Waals surface area contributed by atoms with Crippen molar-refractivity contribution < 1.29 is 4.79 Å². The number of hydrogen-bond acceptors (Lipinski definition) is 2. The smallest absolute Gasteiger partial charge is 0.324 e. The molecule has 0 saturated carbocycles. The van der Waals surface area contributed by atoms with E-state index in [-0.39, 0.29) is 12.0 Å². The maximum atomic E-state index is 12.9. The number of nitrogens with zero attached hydrogens (tertiary/aromatic N) is 2. The van der Waals surface area contributed by atoms with E-state index >= 15 is 0 Å². The van der Waals surface area contributed by atoms with Gasteiger partial charge in [-0.15, -0.1) is 0 Å². The second kappa shape index (κ2) is 9.96. The molecular formula is C22H20Cl2N4O. The molecule has 5 nitrogen and oxygen atoms in total. The fraction of sp³-hybridized carbons (Fsp3) is 0.0909. The number of urea groups is 1. The molecule has 3 N–H and O–H groups in total. The quantitative estimate of drug-likeness (QED) is 0.426. The van der Waals surface area contributed by atoms with E-state index < -0.39 is 0 Å². The monoisotopic (exact) mass is 426 g/mol. The van der Waals surface area contributed by atoms with Crippen molar-refractivity contribution in [3.63, 3.8) is 0 Å². The molecule has 148 valence electrons. The standard InChI is InChI=1S/C22H20Cl2N4O/c23-18-12-7-13-19(24)20(18)26-21(25)27-22(29)28(14-16-8-3-1-4-9-16)15-17-10-5-2-6-11-17/h1-13H,14-15H2,(H3,25,26,27,29). The van der Waals surface area contributed by atoms with Gasteiger partial charge in [-0.3, -0.25) is 5.32 Å². The predicted molar refractivity (Wildman–Crippen MR) is 118 cm³/mol. The van der Waals surface area contributed by atoms with E-state index in [4.69, 9.17) is 28.9 Å². The van der Waals surface area contributed by atoms with E-state index in [0.717, 1.165) is 11.1 Å². The maximum absolute atomic E-state index is 12.9. The lowest BCUT2D eigenvalue weighted by molar-refractivity contribution is 0.197. The van der Waals surface area contributed by atoms with Crippen LogP contribution in [-0.4, -0.2) is 16.9 Å². The van der Waals surface area contributed by atoms with Gasteiger partial charge in [-0.05, 0) is 23.3 Å². The van der Waals surface area contributed by atoms with Gasteiger partial charge in [0.2, 0.25) is 5.96 Å². The van der Waals surface area contributed by atoms with Gasteiger partial charge in [0.25, 0.3) is 0 Å². The first kappa shape index (κ1) is 20.7. The topological polar surface area (TPSA) is 70.7 Å². The van der Waals surface area contributed by atoms with Gasteiger partial charge in [0.1, 0.15) is 5.69 Å². The number of rotatable bonds is 5. The minimum absolute atomic E-state index is 0.0869. The molecule has 0 heterocycles. The Hall–Kier alpha value is -3.02. The van der Waals surface area contributed by atoms with E-state index in [2.05, 4.69) is 10.3 Å². The fourth-order valence-electron chi connectivity index (χ4n) is 2.74. The highest BCUT2D eigenvalue weighted by atomic mass is 35.5. The molecule has 0 unspecified atom stereocenters. The van der Waals surface area contributed by atoms with Crippen LogP contribution in [0.2, 0.25) is 10.0 Å². The van der Waals surface area contributed by atoms with Crippen LogP contribution >= 0.6 is 23.2 Å². The number of halogens is 2. The molecule has 7 heteroatoms. The van der Waals surface area contributed by atoms with Crippen molar-refractivity contribution in [3.8, 4) is 0 Å². The van der Waals surface area contributed by atoms with Crippen molar-refractivity contribution in [2.45, 2.75) is 13.1 Å². The summed E-state index contributed by atoms with van der Waals surface area (Å²) >= 11 is 12.2. The second-order valence-electron chi connectivity index (χ2n) is 6.32. The zero-order valence-corrected chi connectivity index (χ0v) is 17.1. The normalized spacial score (nSPS) is 11.2. The second-order valence-corrected chi connectivity index (χ2v) is 7.14. The van der Waals surface area contributed by atoms with Crippen molar-refractivity contribution in [1.82, 2.24) is 10.2 Å². The summed E-state index contributed by atoms with van der Waals surface area (Å²) < 4.78 is 0. The van der Waals surface area contributed by atoms with Gasteiger partial charge in [0.15, 0.2) is 0 Å². The summed E-state index contributed by atoms with van der Waals surface area (Å²) in [5.41, 5.74) is 8.26. The summed E-state index contributed by atoms with van der Waals surface area (Å²) in [6, 6.07) is 24.1. The van der Waals surface area contributed by atoms with Gasteiger partial charge < -0.3 is 10.6 Å². The number of amides is 2. The molecule has 0 aromatic heterocycles. The highest BCUT2D eigenvalue weighted by molar-refractivity contribution is 6.38. The number of carbonyl (C=O) groups excluding carboxylic acids is 1. The minimum Gasteiger partial charge on any atom is -0.369 e. The van der Waals surface area contributed by atoms with E-state index in [0.29, 0.717) is 28.8 Å². The van der Waals surface area contributed by atoms with Crippen LogP contribution in [0.1, 0.15) is 11.1 Å². The molecule has 0 saturated heterocycles. The summed E-state index contributed by atoms with van der Waals surface area (Å²) in [5.74, 6) is -0.0869. The summed E-state index contributed by atoms with van der Waals surface area (Å²) in [6.45, 7) is 0.837. The minimum atomic E-state index is -0.373. The lowest BCUT2D eigenvalue weighted by Gasteiger charge is -2.23. The number of aliphatic imine (C=N–C) groups is 1. The molecule has 0 aliphatic rings. The van der Waals surface area contributed by atoms with Gasteiger partial charge in [0, 0.05) is 13.1 Å². The summed E-state index contributed by atoms with van der Waals surface area (Å²) in [5, 5.41) is 3.32. The first-order chi connectivity index (χ1) is 14.0. The Balaban J connectivity index is 1.79. The first-order valence-corrected chi connectivity index (χ1v) is 9.70. The molecule has 0 fully saturated rings. The zero-order valence-electron chi connectivity index (χ0n) is 15.6. The average Bonchev–Trinajstić information content (AvgIpc) is 2.72. The van der Waals surface area contributed by atoms with E-state index in [1.165, 1.54) is 0 Å². The fourth-order valence-corrected chi connectivity index (χ4v) is 3.22. The lowest BCUT2D eigenvalue weighted by atomic mass is 10.2. The van der Waals surface area contributed by atoms with Crippen LogP contribution in [0, 0.1) is 0 Å². The van der Waals surface area contributed by atoms with Gasteiger partial charge in [0.05, 0.1) is 10.0 Å². The van der Waals surface area contributed by atoms with Crippen molar-refractivity contribution >= 4 is 40.9 Å². The van der Waals surface area contributed by atoms with E-state index in [1.807, 2.05) is 60.7 Å². The van der Waals surface area contributed by atoms with Crippen LogP contribution in [-0.2, 0) is 13.1 Å². The van der Waals surface area contributed by atoms with Crippen LogP contribution in [0.15, 0.2) is 83.9 Å². The molecule has 3 aromatic rings. The Labute approximate surface area is 179 Å². The van der Waals surface area contributed by atoms with Crippen molar-refractivity contribution in [3.05, 3.63) is 100 Å². The van der Waals surface area contributed by atoms with E-state index in [9.17, 15) is 4.79 Å². The molecule has 0 atom stereocenters. The Morgan fingerprint density at radius 3 is 1.79 bits per heavy atom. The van der Waals surface area contributed by atoms with E-state index in [1.54, 1.807) is 23.1 Å². The van der Waals surface area contributed by atoms with Gasteiger partial charge in [-0.2, -0.15) is 0 Å².